The van der Waals surface area contributed by atoms with Crippen LogP contribution in [0.25, 0.3) is 0 Å². The quantitative estimate of drug-likeness (QED) is 0.177. The molecule has 0 aliphatic rings. The number of rotatable bonds is 15. The lowest BCUT2D eigenvalue weighted by molar-refractivity contribution is 0.00592. The molecule has 0 saturated heterocycles. The predicted octanol–water partition coefficient (Wildman–Crippen LogP) is 6.24. The largest absolute Gasteiger partial charge is 0.560 e. The molecule has 0 heterocycles. The summed E-state index contributed by atoms with van der Waals surface area (Å²) in [6, 6.07) is 12.9. The van der Waals surface area contributed by atoms with Gasteiger partial charge in [-0.2, -0.15) is 16.8 Å². The number of hydrogen-bond acceptors (Lipinski definition) is 5. The lowest BCUT2D eigenvalue weighted by Gasteiger charge is -2.76. The van der Waals surface area contributed by atoms with Gasteiger partial charge in [0, 0.05) is 18.8 Å². The van der Waals surface area contributed by atoms with E-state index in [1.807, 2.05) is 0 Å². The van der Waals surface area contributed by atoms with Gasteiger partial charge in [0.25, 0.3) is 0 Å². The Hall–Kier alpha value is -0.546. The monoisotopic (exact) mass is 554 g/mol. The van der Waals surface area contributed by atoms with Gasteiger partial charge in [0.05, 0.1) is 13.2 Å². The smallest absolute Gasteiger partial charge is 0.100 e. The summed E-state index contributed by atoms with van der Waals surface area (Å²) in [6.07, 6.45) is 0.706. The third kappa shape index (κ3) is 7.77. The van der Waals surface area contributed by atoms with Crippen molar-refractivity contribution in [2.24, 2.45) is 0 Å². The SMILES string of the molecule is CC(C)(C)O[Si-](CCCO)(CCCOCC(O)CO)C(C)(C)C(C)(C)[Si-](C)(c1ccccc1)C(C)(C)C. The van der Waals surface area contributed by atoms with Crippen LogP contribution in [0, 0.1) is 0 Å². The molecule has 0 aliphatic carbocycles. The van der Waals surface area contributed by atoms with Crippen molar-refractivity contribution in [2.45, 2.75) is 128 Å². The molecule has 0 aliphatic heterocycles. The molecule has 0 amide bonds. The van der Waals surface area contributed by atoms with Crippen molar-refractivity contribution in [1.82, 2.24) is 0 Å². The topological polar surface area (TPSA) is 79.2 Å². The molecule has 0 saturated carbocycles. The first-order valence-corrected chi connectivity index (χ1v) is 18.9. The maximum Gasteiger partial charge on any atom is 0.100 e. The zero-order valence-corrected chi connectivity index (χ0v) is 27.8. The summed E-state index contributed by atoms with van der Waals surface area (Å²) < 4.78 is 13.0. The van der Waals surface area contributed by atoms with Crippen LogP contribution in [0.4, 0.5) is 0 Å². The van der Waals surface area contributed by atoms with Crippen LogP contribution in [0.15, 0.2) is 30.3 Å². The van der Waals surface area contributed by atoms with Crippen LogP contribution in [0.2, 0.25) is 33.7 Å². The molecular formula is C30H58O5Si2-2. The van der Waals surface area contributed by atoms with E-state index in [-0.39, 0.29) is 40.5 Å². The fourth-order valence-electron chi connectivity index (χ4n) is 6.36. The molecule has 1 rings (SSSR count). The molecule has 3 atom stereocenters. The third-order valence-electron chi connectivity index (χ3n) is 9.43. The van der Waals surface area contributed by atoms with Crippen LogP contribution in [0.5, 0.6) is 0 Å². The highest BCUT2D eigenvalue weighted by Gasteiger charge is 2.52. The third-order valence-corrected chi connectivity index (χ3v) is 23.5. The second-order valence-electron chi connectivity index (χ2n) is 14.0. The van der Waals surface area contributed by atoms with Crippen LogP contribution in [-0.4, -0.2) is 69.8 Å². The van der Waals surface area contributed by atoms with E-state index in [1.54, 1.807) is 0 Å². The molecular weight excluding hydrogens is 496 g/mol. The Labute approximate surface area is 230 Å². The summed E-state index contributed by atoms with van der Waals surface area (Å²) in [5.74, 6) is 0. The van der Waals surface area contributed by atoms with E-state index in [1.165, 1.54) is 5.19 Å². The first-order chi connectivity index (χ1) is 16.8. The van der Waals surface area contributed by atoms with Gasteiger partial charge in [0.15, 0.2) is 0 Å². The minimum atomic E-state index is -2.54. The highest BCUT2D eigenvalue weighted by molar-refractivity contribution is 6.97. The zero-order valence-electron chi connectivity index (χ0n) is 25.8. The highest BCUT2D eigenvalue weighted by Crippen LogP contribution is 2.68. The Morgan fingerprint density at radius 2 is 1.35 bits per heavy atom. The van der Waals surface area contributed by atoms with Gasteiger partial charge in [-0.05, 0) is 29.1 Å². The van der Waals surface area contributed by atoms with Crippen molar-refractivity contribution in [3.8, 4) is 0 Å². The van der Waals surface area contributed by atoms with Crippen LogP contribution in [0.3, 0.4) is 0 Å². The molecule has 0 bridgehead atoms. The molecule has 5 nitrogen and oxygen atoms in total. The van der Waals surface area contributed by atoms with Gasteiger partial charge in [0.2, 0.25) is 0 Å². The summed E-state index contributed by atoms with van der Waals surface area (Å²) in [5, 5.41) is 30.2. The highest BCUT2D eigenvalue weighted by atomic mass is 28.4. The molecule has 1 aromatic rings. The fraction of sp³-hybridized carbons (Fsp3) is 0.800. The molecule has 3 unspecified atom stereocenters. The van der Waals surface area contributed by atoms with E-state index in [0.717, 1.165) is 24.9 Å². The second kappa shape index (κ2) is 13.2. The molecule has 0 fully saturated rings. The summed E-state index contributed by atoms with van der Waals surface area (Å²) in [7, 11) is -4.73. The van der Waals surface area contributed by atoms with Crippen LogP contribution >= 0.6 is 0 Å². The number of ether oxygens (including phenoxy) is 1. The van der Waals surface area contributed by atoms with Crippen molar-refractivity contribution in [3.63, 3.8) is 0 Å². The molecule has 218 valence electrons. The normalized spacial score (nSPS) is 17.8. The van der Waals surface area contributed by atoms with Crippen molar-refractivity contribution in [2.75, 3.05) is 26.4 Å². The van der Waals surface area contributed by atoms with E-state index in [9.17, 15) is 10.2 Å². The van der Waals surface area contributed by atoms with Gasteiger partial charge >= 0.3 is 0 Å². The Balaban J connectivity index is 3.66. The maximum atomic E-state index is 9.96. The van der Waals surface area contributed by atoms with E-state index in [4.69, 9.17) is 14.3 Å². The van der Waals surface area contributed by atoms with Crippen molar-refractivity contribution in [3.05, 3.63) is 30.3 Å². The summed E-state index contributed by atoms with van der Waals surface area (Å²) >= 11 is 0. The fourth-order valence-corrected chi connectivity index (χ4v) is 19.1. The lowest BCUT2D eigenvalue weighted by atomic mass is 9.97. The van der Waals surface area contributed by atoms with Crippen LogP contribution in [0.1, 0.15) is 82.1 Å². The van der Waals surface area contributed by atoms with Crippen LogP contribution in [-0.2, 0) is 9.16 Å². The van der Waals surface area contributed by atoms with E-state index in [0.29, 0.717) is 6.61 Å². The molecule has 3 N–H and O–H groups in total. The number of benzene rings is 1. The van der Waals surface area contributed by atoms with E-state index < -0.39 is 22.5 Å². The number of hydrogen-bond donors (Lipinski definition) is 3. The molecule has 1 aromatic carbocycles. The van der Waals surface area contributed by atoms with E-state index >= 15 is 0 Å². The predicted molar refractivity (Wildman–Crippen MR) is 162 cm³/mol. The molecule has 0 spiro atoms. The molecule has 37 heavy (non-hydrogen) atoms. The first-order valence-electron chi connectivity index (χ1n) is 14.1. The zero-order chi connectivity index (χ0) is 28.8. The minimum absolute atomic E-state index is 0.0412. The second-order valence-corrected chi connectivity index (χ2v) is 24.1. The summed E-state index contributed by atoms with van der Waals surface area (Å²) in [5.41, 5.74) is -0.310. The maximum absolute atomic E-state index is 9.96. The van der Waals surface area contributed by atoms with Crippen LogP contribution < -0.4 is 5.19 Å². The molecule has 0 aromatic heterocycles. The standard InChI is InChI=1S/C30H58O5Si2/c1-27(2,3)35-37(21-15-19-31,22-16-20-34-24-25(33)23-32)30(9,10)29(7,8)36(11,28(4,5)6)26-17-13-12-14-18-26/h12-14,17-18,25,31-33H,15-16,19-24H2,1-11H3/q-2. The van der Waals surface area contributed by atoms with E-state index in [2.05, 4.69) is 106 Å². The Kier molecular flexibility index (Phi) is 12.3. The number of aliphatic hydroxyl groups is 3. The Morgan fingerprint density at radius 3 is 1.81 bits per heavy atom. The van der Waals surface area contributed by atoms with Gasteiger partial charge in [-0.15, -0.1) is 30.2 Å². The minimum Gasteiger partial charge on any atom is -0.560 e. The molecule has 0 radical (unpaired) electrons. The van der Waals surface area contributed by atoms with Crippen molar-refractivity contribution in [1.29, 1.82) is 0 Å². The van der Waals surface area contributed by atoms with Gasteiger partial charge < -0.3 is 24.5 Å². The Morgan fingerprint density at radius 1 is 0.811 bits per heavy atom. The average molecular weight is 555 g/mol. The van der Waals surface area contributed by atoms with Crippen molar-refractivity contribution < 1.29 is 24.5 Å². The first kappa shape index (κ1) is 34.5. The molecule has 7 heteroatoms. The van der Waals surface area contributed by atoms with Gasteiger partial charge in [-0.1, -0.05) is 91.6 Å². The number of aliphatic hydroxyl groups excluding tert-OH is 3. The summed E-state index contributed by atoms with van der Waals surface area (Å²) in [6.45, 7) is 26.6. The van der Waals surface area contributed by atoms with Gasteiger partial charge in [-0.3, -0.25) is 0 Å². The van der Waals surface area contributed by atoms with Gasteiger partial charge in [-0.25, -0.2) is 0 Å². The van der Waals surface area contributed by atoms with Crippen molar-refractivity contribution >= 4 is 21.6 Å². The lowest BCUT2D eigenvalue weighted by Crippen LogP contribution is -2.67. The van der Waals surface area contributed by atoms with Gasteiger partial charge in [0.1, 0.15) is 6.10 Å². The summed E-state index contributed by atoms with van der Waals surface area (Å²) in [4.78, 5) is 0. The average Bonchev–Trinajstić information content (AvgIpc) is 2.79. The Bertz CT molecular complexity index is 800.